The maximum atomic E-state index is 11.1. The Balaban J connectivity index is 2.31. The van der Waals surface area contributed by atoms with E-state index in [1.165, 1.54) is 5.56 Å². The molecule has 5 heteroatoms. The number of benzene rings is 1. The van der Waals surface area contributed by atoms with Crippen LogP contribution in [0.3, 0.4) is 0 Å². The van der Waals surface area contributed by atoms with Gasteiger partial charge in [-0.2, -0.15) is 4.98 Å². The van der Waals surface area contributed by atoms with Gasteiger partial charge in [0.25, 0.3) is 5.56 Å². The highest BCUT2D eigenvalue weighted by molar-refractivity contribution is 5.55. The molecule has 1 aromatic heterocycles. The zero-order valence-electron chi connectivity index (χ0n) is 9.61. The molecule has 0 atom stereocenters. The Bertz CT molecular complexity index is 605. The lowest BCUT2D eigenvalue weighted by molar-refractivity contribution is 0.452. The molecule has 0 saturated carbocycles. The molecule has 2 aromatic rings. The van der Waals surface area contributed by atoms with Crippen LogP contribution in [-0.4, -0.2) is 15.1 Å². The number of aromatic amines is 1. The monoisotopic (exact) mass is 231 g/mol. The second kappa shape index (κ2) is 4.29. The highest BCUT2D eigenvalue weighted by atomic mass is 16.3. The molecular weight excluding hydrogens is 218 g/mol. The molecule has 17 heavy (non-hydrogen) atoms. The van der Waals surface area contributed by atoms with Crippen LogP contribution >= 0.6 is 0 Å². The van der Waals surface area contributed by atoms with Gasteiger partial charge in [0.05, 0.1) is 6.07 Å². The van der Waals surface area contributed by atoms with Crippen molar-refractivity contribution in [1.29, 1.82) is 0 Å². The summed E-state index contributed by atoms with van der Waals surface area (Å²) in [6.45, 7) is 4.02. The van der Waals surface area contributed by atoms with Crippen LogP contribution in [0.4, 0.5) is 11.6 Å². The minimum absolute atomic E-state index is 0.221. The molecule has 0 fully saturated rings. The second-order valence-electron chi connectivity index (χ2n) is 3.88. The number of nitrogens with one attached hydrogen (secondary N) is 2. The van der Waals surface area contributed by atoms with Gasteiger partial charge in [-0.05, 0) is 37.1 Å². The fourth-order valence-corrected chi connectivity index (χ4v) is 1.46. The number of aryl methyl sites for hydroxylation is 2. The van der Waals surface area contributed by atoms with E-state index < -0.39 is 5.56 Å². The van der Waals surface area contributed by atoms with E-state index in [-0.39, 0.29) is 11.8 Å². The lowest BCUT2D eigenvalue weighted by Gasteiger charge is -2.07. The first-order valence-corrected chi connectivity index (χ1v) is 5.19. The van der Waals surface area contributed by atoms with Gasteiger partial charge in [-0.3, -0.25) is 9.78 Å². The lowest BCUT2D eigenvalue weighted by Crippen LogP contribution is -2.08. The largest absolute Gasteiger partial charge is 0.493 e. The van der Waals surface area contributed by atoms with Gasteiger partial charge in [0.1, 0.15) is 0 Å². The number of aromatic hydroxyl groups is 1. The fourth-order valence-electron chi connectivity index (χ4n) is 1.46. The van der Waals surface area contributed by atoms with Gasteiger partial charge >= 0.3 is 0 Å². The molecule has 5 nitrogen and oxygen atoms in total. The van der Waals surface area contributed by atoms with Crippen LogP contribution in [-0.2, 0) is 0 Å². The van der Waals surface area contributed by atoms with Crippen LogP contribution in [0.2, 0.25) is 0 Å². The molecule has 0 saturated heterocycles. The minimum Gasteiger partial charge on any atom is -0.493 e. The molecule has 0 radical (unpaired) electrons. The molecule has 0 aliphatic heterocycles. The zero-order chi connectivity index (χ0) is 12.4. The van der Waals surface area contributed by atoms with Crippen LogP contribution < -0.4 is 10.9 Å². The summed E-state index contributed by atoms with van der Waals surface area (Å²) < 4.78 is 0. The molecular formula is C12H13N3O2. The highest BCUT2D eigenvalue weighted by Gasteiger charge is 2.01. The smallest absolute Gasteiger partial charge is 0.256 e. The molecule has 0 aliphatic rings. The first-order valence-electron chi connectivity index (χ1n) is 5.19. The maximum absolute atomic E-state index is 11.1. The highest BCUT2D eigenvalue weighted by Crippen LogP contribution is 2.17. The average Bonchev–Trinajstić information content (AvgIpc) is 2.22. The Hall–Kier alpha value is -2.30. The number of aromatic nitrogens is 2. The summed E-state index contributed by atoms with van der Waals surface area (Å²) in [5.41, 5.74) is 2.73. The van der Waals surface area contributed by atoms with Gasteiger partial charge in [-0.25, -0.2) is 0 Å². The standard InChI is InChI=1S/C12H13N3O2/c1-7-3-4-9(5-8(7)2)13-12-14-10(16)6-11(17)15-12/h3-6H,1-2H3,(H3,13,14,15,16,17). The summed E-state index contributed by atoms with van der Waals surface area (Å²) in [6.07, 6.45) is 0. The Morgan fingerprint density at radius 3 is 2.65 bits per heavy atom. The number of H-pyrrole nitrogens is 1. The molecule has 2 rings (SSSR count). The van der Waals surface area contributed by atoms with E-state index >= 15 is 0 Å². The van der Waals surface area contributed by atoms with Gasteiger partial charge in [-0.1, -0.05) is 6.07 Å². The summed E-state index contributed by atoms with van der Waals surface area (Å²) in [4.78, 5) is 17.4. The van der Waals surface area contributed by atoms with Crippen molar-refractivity contribution in [2.75, 3.05) is 5.32 Å². The van der Waals surface area contributed by atoms with Crippen LogP contribution in [0.15, 0.2) is 29.1 Å². The van der Waals surface area contributed by atoms with Crippen LogP contribution in [0.25, 0.3) is 0 Å². The number of anilines is 2. The summed E-state index contributed by atoms with van der Waals surface area (Å²) in [5.74, 6) is -0.0849. The predicted molar refractivity (Wildman–Crippen MR) is 65.7 cm³/mol. The van der Waals surface area contributed by atoms with E-state index in [1.54, 1.807) is 0 Å². The van der Waals surface area contributed by atoms with Crippen molar-refractivity contribution >= 4 is 11.6 Å². The third kappa shape index (κ3) is 2.63. The van der Waals surface area contributed by atoms with E-state index in [2.05, 4.69) is 15.3 Å². The number of hydrogen-bond acceptors (Lipinski definition) is 4. The van der Waals surface area contributed by atoms with Crippen molar-refractivity contribution in [2.45, 2.75) is 13.8 Å². The Labute approximate surface area is 98.2 Å². The van der Waals surface area contributed by atoms with E-state index in [0.29, 0.717) is 0 Å². The molecule has 88 valence electrons. The Morgan fingerprint density at radius 1 is 1.24 bits per heavy atom. The van der Waals surface area contributed by atoms with Crippen LogP contribution in [0.5, 0.6) is 5.88 Å². The Kier molecular flexibility index (Phi) is 2.82. The van der Waals surface area contributed by atoms with Gasteiger partial charge in [0, 0.05) is 5.69 Å². The first-order chi connectivity index (χ1) is 8.04. The maximum Gasteiger partial charge on any atom is 0.256 e. The van der Waals surface area contributed by atoms with Gasteiger partial charge < -0.3 is 10.4 Å². The predicted octanol–water partition coefficient (Wildman–Crippen LogP) is 1.84. The lowest BCUT2D eigenvalue weighted by atomic mass is 10.1. The van der Waals surface area contributed by atoms with Gasteiger partial charge in [0.15, 0.2) is 0 Å². The van der Waals surface area contributed by atoms with E-state index in [0.717, 1.165) is 17.3 Å². The average molecular weight is 231 g/mol. The van der Waals surface area contributed by atoms with Gasteiger partial charge in [-0.15, -0.1) is 0 Å². The Morgan fingerprint density at radius 2 is 2.00 bits per heavy atom. The molecule has 0 bridgehead atoms. The molecule has 0 unspecified atom stereocenters. The topological polar surface area (TPSA) is 78.0 Å². The molecule has 0 amide bonds. The van der Waals surface area contributed by atoms with Crippen molar-refractivity contribution in [3.8, 4) is 5.88 Å². The molecule has 1 aromatic carbocycles. The van der Waals surface area contributed by atoms with Crippen molar-refractivity contribution in [1.82, 2.24) is 9.97 Å². The molecule has 1 heterocycles. The van der Waals surface area contributed by atoms with Gasteiger partial charge in [0.2, 0.25) is 11.8 Å². The number of hydrogen-bond donors (Lipinski definition) is 3. The summed E-state index contributed by atoms with van der Waals surface area (Å²) >= 11 is 0. The molecule has 3 N–H and O–H groups in total. The fraction of sp³-hybridized carbons (Fsp3) is 0.167. The number of rotatable bonds is 2. The third-order valence-electron chi connectivity index (χ3n) is 2.50. The number of nitrogens with zero attached hydrogens (tertiary/aromatic N) is 1. The molecule has 0 aliphatic carbocycles. The third-order valence-corrected chi connectivity index (χ3v) is 2.50. The van der Waals surface area contributed by atoms with E-state index in [9.17, 15) is 9.90 Å². The molecule has 0 spiro atoms. The van der Waals surface area contributed by atoms with E-state index in [4.69, 9.17) is 0 Å². The van der Waals surface area contributed by atoms with E-state index in [1.807, 2.05) is 32.0 Å². The minimum atomic E-state index is -0.399. The first kappa shape index (κ1) is 11.2. The van der Waals surface area contributed by atoms with Crippen LogP contribution in [0, 0.1) is 13.8 Å². The SMILES string of the molecule is Cc1ccc(Nc2nc(O)cc(=O)[nH]2)cc1C. The quantitative estimate of drug-likeness (QED) is 0.736. The summed E-state index contributed by atoms with van der Waals surface area (Å²) in [7, 11) is 0. The van der Waals surface area contributed by atoms with Crippen molar-refractivity contribution < 1.29 is 5.11 Å². The van der Waals surface area contributed by atoms with Crippen LogP contribution in [0.1, 0.15) is 11.1 Å². The zero-order valence-corrected chi connectivity index (χ0v) is 9.61. The normalized spacial score (nSPS) is 10.2. The summed E-state index contributed by atoms with van der Waals surface area (Å²) in [6, 6.07) is 6.82. The summed E-state index contributed by atoms with van der Waals surface area (Å²) in [5, 5.41) is 12.1. The second-order valence-corrected chi connectivity index (χ2v) is 3.88. The van der Waals surface area contributed by atoms with Crippen molar-refractivity contribution in [3.05, 3.63) is 45.7 Å². The van der Waals surface area contributed by atoms with Crippen molar-refractivity contribution in [2.24, 2.45) is 0 Å². The van der Waals surface area contributed by atoms with Crippen molar-refractivity contribution in [3.63, 3.8) is 0 Å².